The topological polar surface area (TPSA) is 306 Å². The second-order valence-corrected chi connectivity index (χ2v) is 17.6. The SMILES string of the molecule is CC(=O)O[C@H]1[C@H](OS(C)(=O)=O)[C@@H](O[C@]2(COS(C)(=O)=O)O[C@@H](COS(C)(=O)=O)[C@@H](OC(C)=O)[C@@H]2OC(C)=O)O[C@@H](COS(C)(=O)=O)[C@@H]1OC(C)=O. The van der Waals surface area contributed by atoms with Gasteiger partial charge in [0.15, 0.2) is 36.8 Å². The highest BCUT2D eigenvalue weighted by atomic mass is 32.2. The van der Waals surface area contributed by atoms with Crippen molar-refractivity contribution < 1.29 is 103 Å². The summed E-state index contributed by atoms with van der Waals surface area (Å²) in [4.78, 5) is 48.9. The van der Waals surface area contributed by atoms with Crippen LogP contribution in [0.1, 0.15) is 27.7 Å². The zero-order valence-electron chi connectivity index (χ0n) is 28.3. The summed E-state index contributed by atoms with van der Waals surface area (Å²) in [5.41, 5.74) is 0. The Balaban J connectivity index is 2.92. The molecule has 2 saturated heterocycles. The maximum atomic E-state index is 12.5. The molecule has 0 bridgehead atoms. The van der Waals surface area contributed by atoms with Gasteiger partial charge in [0.05, 0.1) is 38.2 Å². The van der Waals surface area contributed by atoms with Crippen LogP contribution in [-0.4, -0.2) is 157 Å². The zero-order chi connectivity index (χ0) is 39.3. The van der Waals surface area contributed by atoms with Gasteiger partial charge in [-0.15, -0.1) is 0 Å². The molecule has 9 atom stereocenters. The minimum atomic E-state index is -4.64. The van der Waals surface area contributed by atoms with E-state index in [4.69, 9.17) is 49.9 Å². The van der Waals surface area contributed by atoms with E-state index in [1.807, 2.05) is 0 Å². The lowest BCUT2D eigenvalue weighted by molar-refractivity contribution is -0.378. The number of hydrogen-bond acceptors (Lipinski definition) is 23. The summed E-state index contributed by atoms with van der Waals surface area (Å²) in [7, 11) is -17.7. The van der Waals surface area contributed by atoms with Crippen LogP contribution in [0.25, 0.3) is 0 Å². The van der Waals surface area contributed by atoms with Crippen molar-refractivity contribution >= 4 is 64.3 Å². The molecule has 0 unspecified atom stereocenters. The van der Waals surface area contributed by atoms with Crippen LogP contribution >= 0.6 is 0 Å². The lowest BCUT2D eigenvalue weighted by Crippen LogP contribution is -2.65. The highest BCUT2D eigenvalue weighted by Gasteiger charge is 2.64. The van der Waals surface area contributed by atoms with Gasteiger partial charge in [-0.25, -0.2) is 0 Å². The van der Waals surface area contributed by atoms with Crippen molar-refractivity contribution in [2.75, 3.05) is 44.8 Å². The molecule has 0 aromatic carbocycles. The summed E-state index contributed by atoms with van der Waals surface area (Å²) in [5.74, 6) is -7.36. The first-order valence-electron chi connectivity index (χ1n) is 14.1. The van der Waals surface area contributed by atoms with E-state index in [0.717, 1.165) is 27.7 Å². The number of esters is 4. The van der Waals surface area contributed by atoms with Crippen LogP contribution in [0.2, 0.25) is 0 Å². The van der Waals surface area contributed by atoms with Crippen molar-refractivity contribution in [3.63, 3.8) is 0 Å². The van der Waals surface area contributed by atoms with Crippen LogP contribution in [0.3, 0.4) is 0 Å². The average Bonchev–Trinajstić information content (AvgIpc) is 3.17. The molecular weight excluding hydrogens is 785 g/mol. The number of hydrogen-bond donors (Lipinski definition) is 0. The minimum Gasteiger partial charge on any atom is -0.456 e. The molecule has 51 heavy (non-hydrogen) atoms. The van der Waals surface area contributed by atoms with E-state index in [9.17, 15) is 52.8 Å². The van der Waals surface area contributed by atoms with Crippen molar-refractivity contribution in [1.82, 2.24) is 0 Å². The van der Waals surface area contributed by atoms with E-state index in [1.165, 1.54) is 0 Å². The molecule has 0 aliphatic carbocycles. The maximum Gasteiger partial charge on any atom is 0.303 e. The molecule has 0 aromatic heterocycles. The maximum absolute atomic E-state index is 12.5. The first kappa shape index (κ1) is 44.6. The normalized spacial score (nSPS) is 30.3. The molecule has 0 radical (unpaired) electrons. The molecular formula is C24H38O23S4. The molecule has 2 aliphatic rings. The van der Waals surface area contributed by atoms with E-state index in [0.29, 0.717) is 25.0 Å². The quantitative estimate of drug-likeness (QED) is 0.0793. The Hall–Kier alpha value is -2.60. The molecule has 0 spiro atoms. The Kier molecular flexibility index (Phi) is 14.9. The van der Waals surface area contributed by atoms with E-state index in [1.54, 1.807) is 0 Å². The summed E-state index contributed by atoms with van der Waals surface area (Å²) < 4.78 is 155. The Bertz CT molecular complexity index is 1740. The Morgan fingerprint density at radius 3 is 1.41 bits per heavy atom. The molecule has 0 saturated carbocycles. The van der Waals surface area contributed by atoms with E-state index >= 15 is 0 Å². The van der Waals surface area contributed by atoms with Crippen LogP contribution in [0, 0.1) is 0 Å². The second kappa shape index (κ2) is 17.0. The van der Waals surface area contributed by atoms with Crippen molar-refractivity contribution in [3.05, 3.63) is 0 Å². The number of carbonyl (C=O) groups is 4. The Labute approximate surface area is 293 Å². The molecule has 296 valence electrons. The number of rotatable bonds is 17. The molecule has 0 amide bonds. The van der Waals surface area contributed by atoms with Gasteiger partial charge in [0, 0.05) is 27.7 Å². The van der Waals surface area contributed by atoms with Crippen LogP contribution < -0.4 is 0 Å². The summed E-state index contributed by atoms with van der Waals surface area (Å²) in [6.45, 7) is 0.0978. The van der Waals surface area contributed by atoms with Gasteiger partial charge in [-0.3, -0.25) is 35.9 Å². The summed E-state index contributed by atoms with van der Waals surface area (Å²) in [6, 6.07) is 0. The molecule has 2 heterocycles. The van der Waals surface area contributed by atoms with Gasteiger partial charge in [0.2, 0.25) is 5.79 Å². The molecule has 2 rings (SSSR count). The minimum absolute atomic E-state index is 0.528. The van der Waals surface area contributed by atoms with E-state index in [2.05, 4.69) is 0 Å². The van der Waals surface area contributed by atoms with Crippen LogP contribution in [0.15, 0.2) is 0 Å². The zero-order valence-corrected chi connectivity index (χ0v) is 31.5. The molecule has 2 aliphatic heterocycles. The van der Waals surface area contributed by atoms with Gasteiger partial charge >= 0.3 is 23.9 Å². The Morgan fingerprint density at radius 1 is 0.549 bits per heavy atom. The van der Waals surface area contributed by atoms with E-state index < -0.39 is 139 Å². The van der Waals surface area contributed by atoms with Gasteiger partial charge in [-0.1, -0.05) is 0 Å². The van der Waals surface area contributed by atoms with Crippen molar-refractivity contribution in [1.29, 1.82) is 0 Å². The largest absolute Gasteiger partial charge is 0.456 e. The first-order chi connectivity index (χ1) is 23.0. The van der Waals surface area contributed by atoms with Gasteiger partial charge in [0.25, 0.3) is 40.5 Å². The van der Waals surface area contributed by atoms with E-state index in [-0.39, 0.29) is 0 Å². The highest BCUT2D eigenvalue weighted by molar-refractivity contribution is 7.86. The first-order valence-corrected chi connectivity index (χ1v) is 21.4. The molecule has 2 fully saturated rings. The summed E-state index contributed by atoms with van der Waals surface area (Å²) in [6.07, 6.45) is -13.8. The lowest BCUT2D eigenvalue weighted by Gasteiger charge is -2.46. The van der Waals surface area contributed by atoms with Gasteiger partial charge in [-0.2, -0.15) is 33.7 Å². The van der Waals surface area contributed by atoms with Crippen LogP contribution in [0.5, 0.6) is 0 Å². The van der Waals surface area contributed by atoms with Gasteiger partial charge in [0.1, 0.15) is 18.8 Å². The predicted molar refractivity (Wildman–Crippen MR) is 162 cm³/mol. The van der Waals surface area contributed by atoms with Crippen molar-refractivity contribution in [3.8, 4) is 0 Å². The third-order valence-corrected chi connectivity index (χ3v) is 8.45. The lowest BCUT2D eigenvalue weighted by atomic mass is 9.98. The predicted octanol–water partition coefficient (Wildman–Crippen LogP) is -3.18. The second-order valence-electron chi connectivity index (χ2n) is 11.1. The molecule has 23 nitrogen and oxygen atoms in total. The smallest absolute Gasteiger partial charge is 0.303 e. The number of carbonyl (C=O) groups excluding carboxylic acids is 4. The Morgan fingerprint density at radius 2 is 0.980 bits per heavy atom. The van der Waals surface area contributed by atoms with Crippen molar-refractivity contribution in [2.45, 2.75) is 82.5 Å². The monoisotopic (exact) mass is 822 g/mol. The fourth-order valence-corrected chi connectivity index (χ4v) is 6.46. The van der Waals surface area contributed by atoms with Crippen molar-refractivity contribution in [2.24, 2.45) is 0 Å². The van der Waals surface area contributed by atoms with Crippen LogP contribution in [0.4, 0.5) is 0 Å². The third-order valence-electron chi connectivity index (χ3n) is 6.21. The molecule has 0 N–H and O–H groups in total. The van der Waals surface area contributed by atoms with Gasteiger partial charge in [-0.05, 0) is 0 Å². The van der Waals surface area contributed by atoms with Crippen LogP contribution in [-0.2, 0) is 110 Å². The average molecular weight is 823 g/mol. The standard InChI is InChI=1S/C24H38O23S4/c1-12(25)40-18-16(9-37-48(5,29)30)44-23(21(47-51(8,35)36)20(18)42-14(3)27)46-24(11-39-50(7,33)34)22(43-15(4)28)19(41-13(2)26)17(45-24)10-38-49(6,31)32/h16-23H,9-11H2,1-8H3/t16-,17-,18-,19+,20+,21-,22-,23+,24-/m0/s1. The number of ether oxygens (including phenoxy) is 7. The molecule has 27 heteroatoms. The summed E-state index contributed by atoms with van der Waals surface area (Å²) >= 11 is 0. The fourth-order valence-electron chi connectivity index (χ4n) is 4.71. The van der Waals surface area contributed by atoms with Gasteiger partial charge < -0.3 is 33.2 Å². The third kappa shape index (κ3) is 14.7. The fraction of sp³-hybridized carbons (Fsp3) is 0.833. The summed E-state index contributed by atoms with van der Waals surface area (Å²) in [5, 5.41) is 0. The highest BCUT2D eigenvalue weighted by Crippen LogP contribution is 2.42. The molecule has 0 aromatic rings.